The number of halogens is 1. The van der Waals surface area contributed by atoms with E-state index in [1.54, 1.807) is 36.4 Å². The first-order valence-electron chi connectivity index (χ1n) is 14.6. The summed E-state index contributed by atoms with van der Waals surface area (Å²) in [6.45, 7) is 5.40. The zero-order valence-corrected chi connectivity index (χ0v) is 27.6. The minimum Gasteiger partial charge on any atom is -0.352 e. The molecular formula is C35H38BrN3O4S. The van der Waals surface area contributed by atoms with Crippen LogP contribution in [0.1, 0.15) is 37.0 Å². The lowest BCUT2D eigenvalue weighted by Crippen LogP contribution is -2.54. The molecule has 4 aromatic carbocycles. The third-order valence-electron chi connectivity index (χ3n) is 7.44. The second kappa shape index (κ2) is 15.2. The average molecular weight is 677 g/mol. The normalized spacial score (nSPS) is 12.6. The fraction of sp³-hybridized carbons (Fsp3) is 0.257. The molecule has 0 heterocycles. The van der Waals surface area contributed by atoms with Gasteiger partial charge in [-0.15, -0.1) is 0 Å². The van der Waals surface area contributed by atoms with Crippen LogP contribution in [0.3, 0.4) is 0 Å². The molecule has 0 aliphatic heterocycles. The number of anilines is 1. The number of carbonyl (C=O) groups excluding carboxylic acids is 2. The molecule has 1 N–H and O–H groups in total. The Morgan fingerprint density at radius 1 is 0.841 bits per heavy atom. The summed E-state index contributed by atoms with van der Waals surface area (Å²) in [6, 6.07) is 31.2. The van der Waals surface area contributed by atoms with Gasteiger partial charge in [-0.3, -0.25) is 13.9 Å². The molecular weight excluding hydrogens is 638 g/mol. The highest BCUT2D eigenvalue weighted by Gasteiger charge is 2.35. The highest BCUT2D eigenvalue weighted by atomic mass is 79.9. The first-order valence-corrected chi connectivity index (χ1v) is 16.8. The van der Waals surface area contributed by atoms with Crippen LogP contribution in [0.5, 0.6) is 0 Å². The van der Waals surface area contributed by atoms with Crippen LogP contribution in [0, 0.1) is 6.92 Å². The number of carbonyl (C=O) groups is 2. The minimum atomic E-state index is -4.13. The molecule has 0 aliphatic rings. The number of sulfonamides is 1. The van der Waals surface area contributed by atoms with Gasteiger partial charge in [-0.05, 0) is 73.4 Å². The lowest BCUT2D eigenvalue weighted by molar-refractivity contribution is -0.140. The SMILES string of the molecule is CC[C@@H](C)NC(=O)[C@H](Cc1ccccc1)N(Cc1ccc(Br)cc1)C(=O)CN(c1cccc(C)c1)S(=O)(=O)c1ccccc1. The molecule has 0 saturated carbocycles. The summed E-state index contributed by atoms with van der Waals surface area (Å²) >= 11 is 3.46. The van der Waals surface area contributed by atoms with Crippen LogP contribution in [0.2, 0.25) is 0 Å². The van der Waals surface area contributed by atoms with Gasteiger partial charge in [-0.2, -0.15) is 0 Å². The molecule has 44 heavy (non-hydrogen) atoms. The highest BCUT2D eigenvalue weighted by Crippen LogP contribution is 2.26. The molecule has 0 unspecified atom stereocenters. The van der Waals surface area contributed by atoms with E-state index in [1.807, 2.05) is 81.4 Å². The number of benzene rings is 4. The van der Waals surface area contributed by atoms with Crippen molar-refractivity contribution in [2.24, 2.45) is 0 Å². The summed E-state index contributed by atoms with van der Waals surface area (Å²) in [5, 5.41) is 3.06. The third-order valence-corrected chi connectivity index (χ3v) is 9.75. The van der Waals surface area contributed by atoms with E-state index in [0.717, 1.165) is 31.9 Å². The van der Waals surface area contributed by atoms with Gasteiger partial charge < -0.3 is 10.2 Å². The number of amides is 2. The number of hydrogen-bond donors (Lipinski definition) is 1. The monoisotopic (exact) mass is 675 g/mol. The number of nitrogens with one attached hydrogen (secondary N) is 1. The van der Waals surface area contributed by atoms with Crippen molar-refractivity contribution < 1.29 is 18.0 Å². The van der Waals surface area contributed by atoms with Crippen molar-refractivity contribution >= 4 is 43.5 Å². The van der Waals surface area contributed by atoms with E-state index < -0.39 is 28.5 Å². The summed E-state index contributed by atoms with van der Waals surface area (Å²) in [6.07, 6.45) is 0.988. The maximum atomic E-state index is 14.5. The summed E-state index contributed by atoms with van der Waals surface area (Å²) in [5.41, 5.74) is 2.92. The quantitative estimate of drug-likeness (QED) is 0.175. The third kappa shape index (κ3) is 8.57. The van der Waals surface area contributed by atoms with E-state index in [2.05, 4.69) is 21.2 Å². The zero-order chi connectivity index (χ0) is 31.7. The van der Waals surface area contributed by atoms with Gasteiger partial charge >= 0.3 is 0 Å². The second-order valence-electron chi connectivity index (χ2n) is 10.8. The molecule has 0 aromatic heterocycles. The van der Waals surface area contributed by atoms with Crippen LogP contribution >= 0.6 is 15.9 Å². The predicted octanol–water partition coefficient (Wildman–Crippen LogP) is 6.51. The molecule has 0 saturated heterocycles. The van der Waals surface area contributed by atoms with Crippen LogP contribution < -0.4 is 9.62 Å². The van der Waals surface area contributed by atoms with Crippen LogP contribution in [0.15, 0.2) is 119 Å². The number of aryl methyl sites for hydroxylation is 1. The molecule has 9 heteroatoms. The molecule has 230 valence electrons. The Balaban J connectivity index is 1.80. The lowest BCUT2D eigenvalue weighted by atomic mass is 10.0. The maximum Gasteiger partial charge on any atom is 0.264 e. The molecule has 0 radical (unpaired) electrons. The van der Waals surface area contributed by atoms with Crippen molar-refractivity contribution in [2.45, 2.75) is 57.1 Å². The van der Waals surface area contributed by atoms with E-state index in [4.69, 9.17) is 0 Å². The van der Waals surface area contributed by atoms with E-state index in [9.17, 15) is 18.0 Å². The Hall–Kier alpha value is -3.95. The molecule has 0 bridgehead atoms. The first kappa shape index (κ1) is 33.0. The zero-order valence-electron chi connectivity index (χ0n) is 25.2. The molecule has 7 nitrogen and oxygen atoms in total. The summed E-state index contributed by atoms with van der Waals surface area (Å²) in [5.74, 6) is -0.782. The van der Waals surface area contributed by atoms with Crippen molar-refractivity contribution in [1.29, 1.82) is 0 Å². The smallest absolute Gasteiger partial charge is 0.264 e. The van der Waals surface area contributed by atoms with Crippen molar-refractivity contribution in [2.75, 3.05) is 10.8 Å². The van der Waals surface area contributed by atoms with Crippen LogP contribution in [0.25, 0.3) is 0 Å². The molecule has 0 aliphatic carbocycles. The topological polar surface area (TPSA) is 86.8 Å². The predicted molar refractivity (Wildman–Crippen MR) is 179 cm³/mol. The van der Waals surface area contributed by atoms with Gasteiger partial charge in [0.15, 0.2) is 0 Å². The molecule has 2 atom stereocenters. The Morgan fingerprint density at radius 3 is 2.09 bits per heavy atom. The molecule has 0 fully saturated rings. The van der Waals surface area contributed by atoms with Gasteiger partial charge in [-0.25, -0.2) is 8.42 Å². The fourth-order valence-corrected chi connectivity index (χ4v) is 6.50. The Labute approximate surface area is 269 Å². The van der Waals surface area contributed by atoms with Gasteiger partial charge in [0.2, 0.25) is 11.8 Å². The van der Waals surface area contributed by atoms with Crippen LogP contribution in [0.4, 0.5) is 5.69 Å². The number of rotatable bonds is 13. The van der Waals surface area contributed by atoms with Crippen molar-refractivity contribution in [1.82, 2.24) is 10.2 Å². The Morgan fingerprint density at radius 2 is 1.48 bits per heavy atom. The average Bonchev–Trinajstić information content (AvgIpc) is 3.03. The van der Waals surface area contributed by atoms with Gasteiger partial charge in [0.25, 0.3) is 10.0 Å². The second-order valence-corrected chi connectivity index (χ2v) is 13.6. The fourth-order valence-electron chi connectivity index (χ4n) is 4.81. The van der Waals surface area contributed by atoms with Gasteiger partial charge in [-0.1, -0.05) is 95.7 Å². The van der Waals surface area contributed by atoms with Crippen molar-refractivity contribution in [3.8, 4) is 0 Å². The first-order chi connectivity index (χ1) is 21.1. The molecule has 0 spiro atoms. The van der Waals surface area contributed by atoms with Crippen molar-refractivity contribution in [3.05, 3.63) is 130 Å². The molecule has 2 amide bonds. The van der Waals surface area contributed by atoms with Crippen LogP contribution in [-0.4, -0.2) is 43.8 Å². The van der Waals surface area contributed by atoms with Gasteiger partial charge in [0, 0.05) is 23.5 Å². The van der Waals surface area contributed by atoms with Crippen LogP contribution in [-0.2, 0) is 32.6 Å². The lowest BCUT2D eigenvalue weighted by Gasteiger charge is -2.34. The largest absolute Gasteiger partial charge is 0.352 e. The minimum absolute atomic E-state index is 0.0733. The summed E-state index contributed by atoms with van der Waals surface area (Å²) in [4.78, 5) is 29.9. The Bertz CT molecular complexity index is 1650. The molecule has 4 aromatic rings. The standard InChI is InChI=1S/C35H38BrN3O4S/c1-4-27(3)37-35(41)33(23-28-13-7-5-8-14-28)38(24-29-18-20-30(36)21-19-29)34(40)25-39(31-15-11-12-26(2)22-31)44(42,43)32-16-9-6-10-17-32/h5-22,27,33H,4,23-25H2,1-3H3,(H,37,41)/t27-,33+/m1/s1. The van der Waals surface area contributed by atoms with E-state index in [-0.39, 0.29) is 29.8 Å². The van der Waals surface area contributed by atoms with E-state index >= 15 is 0 Å². The summed E-state index contributed by atoms with van der Waals surface area (Å²) in [7, 11) is -4.13. The van der Waals surface area contributed by atoms with Gasteiger partial charge in [0.05, 0.1) is 10.6 Å². The van der Waals surface area contributed by atoms with E-state index in [1.165, 1.54) is 17.0 Å². The maximum absolute atomic E-state index is 14.5. The number of hydrogen-bond acceptors (Lipinski definition) is 4. The van der Waals surface area contributed by atoms with E-state index in [0.29, 0.717) is 5.69 Å². The molecule has 4 rings (SSSR count). The van der Waals surface area contributed by atoms with Gasteiger partial charge in [0.1, 0.15) is 12.6 Å². The summed E-state index contributed by atoms with van der Waals surface area (Å²) < 4.78 is 30.1. The highest BCUT2D eigenvalue weighted by molar-refractivity contribution is 9.10. The Kier molecular flexibility index (Phi) is 11.4. The van der Waals surface area contributed by atoms with Crippen molar-refractivity contribution in [3.63, 3.8) is 0 Å². The number of nitrogens with zero attached hydrogens (tertiary/aromatic N) is 2.